The second-order valence-electron chi connectivity index (χ2n) is 25.1. The van der Waals surface area contributed by atoms with Crippen LogP contribution >= 0.6 is 0 Å². The molecule has 12 aromatic rings. The number of nitrogens with zero attached hydrogens (tertiary/aromatic N) is 2. The van der Waals surface area contributed by atoms with Crippen molar-refractivity contribution in [3.05, 3.63) is 263 Å². The van der Waals surface area contributed by atoms with Gasteiger partial charge in [-0.2, -0.15) is 0 Å². The van der Waals surface area contributed by atoms with Gasteiger partial charge in [-0.25, -0.2) is 0 Å². The van der Waals surface area contributed by atoms with E-state index in [0.29, 0.717) is 0 Å². The highest BCUT2D eigenvalue weighted by atomic mass is 15.2. The second-order valence-corrected chi connectivity index (χ2v) is 25.1. The third kappa shape index (κ3) is 7.03. The number of anilines is 6. The standard InChI is InChI=1S/C78H66N2/c1-48(2)62-47-70(80(55-39-35-52(36-40-55)50-23-13-10-14-24-50)68-32-20-28-60-57-26-16-18-30-65(57)78(7,8)75(60)68)63-46-66-71-53(43-44-76(66,3)4)45-69(61-42-41-58(62)72(63)73(61)71)79(54-37-33-51(34-38-54)49-21-11-9-12-22-49)67-31-19-27-59-56-25-15-17-29-64(56)77(5,6)74(59)67/h9-42,45-48H,43-44H2,1-8H3. The van der Waals surface area contributed by atoms with Crippen molar-refractivity contribution in [3.8, 4) is 44.5 Å². The Labute approximate surface area is 472 Å². The van der Waals surface area contributed by atoms with Gasteiger partial charge in [0.05, 0.1) is 22.7 Å². The molecule has 0 radical (unpaired) electrons. The summed E-state index contributed by atoms with van der Waals surface area (Å²) in [6, 6.07) is 85.4. The summed E-state index contributed by atoms with van der Waals surface area (Å²) in [6.45, 7) is 19.5. The predicted octanol–water partition coefficient (Wildman–Crippen LogP) is 21.8. The van der Waals surface area contributed by atoms with E-state index in [0.717, 1.165) is 24.2 Å². The van der Waals surface area contributed by atoms with Crippen LogP contribution in [0.2, 0.25) is 0 Å². The van der Waals surface area contributed by atoms with Gasteiger partial charge in [0.1, 0.15) is 0 Å². The van der Waals surface area contributed by atoms with Crippen LogP contribution in [0.5, 0.6) is 0 Å². The molecule has 0 aromatic heterocycles. The van der Waals surface area contributed by atoms with Crippen molar-refractivity contribution in [2.24, 2.45) is 0 Å². The number of benzene rings is 12. The van der Waals surface area contributed by atoms with Gasteiger partial charge in [-0.1, -0.05) is 225 Å². The lowest BCUT2D eigenvalue weighted by molar-refractivity contribution is 0.475. The molecule has 0 bridgehead atoms. The first kappa shape index (κ1) is 48.4. The molecule has 0 saturated heterocycles. The number of rotatable bonds is 9. The third-order valence-corrected chi connectivity index (χ3v) is 19.0. The molecule has 0 fully saturated rings. The van der Waals surface area contributed by atoms with Gasteiger partial charge in [0.25, 0.3) is 0 Å². The molecule has 80 heavy (non-hydrogen) atoms. The van der Waals surface area contributed by atoms with E-state index in [-0.39, 0.29) is 22.2 Å². The first-order chi connectivity index (χ1) is 38.8. The minimum Gasteiger partial charge on any atom is -0.310 e. The highest BCUT2D eigenvalue weighted by Gasteiger charge is 2.42. The van der Waals surface area contributed by atoms with Crippen molar-refractivity contribution in [1.29, 1.82) is 0 Å². The molecular formula is C78H66N2. The largest absolute Gasteiger partial charge is 0.310 e. The molecule has 0 heterocycles. The maximum Gasteiger partial charge on any atom is 0.0543 e. The molecule has 2 nitrogen and oxygen atoms in total. The molecule has 2 heteroatoms. The van der Waals surface area contributed by atoms with Crippen molar-refractivity contribution in [3.63, 3.8) is 0 Å². The topological polar surface area (TPSA) is 6.48 Å². The Balaban J connectivity index is 1.05. The quantitative estimate of drug-likeness (QED) is 0.133. The van der Waals surface area contributed by atoms with Crippen LogP contribution in [0.25, 0.3) is 76.8 Å². The van der Waals surface area contributed by atoms with E-state index in [1.807, 2.05) is 0 Å². The normalized spacial score (nSPS) is 15.1. The molecule has 12 aromatic carbocycles. The predicted molar refractivity (Wildman–Crippen MR) is 341 cm³/mol. The Hall–Kier alpha value is -8.72. The molecule has 388 valence electrons. The van der Waals surface area contributed by atoms with Crippen molar-refractivity contribution >= 4 is 66.4 Å². The second kappa shape index (κ2) is 17.6. The lowest BCUT2D eigenvalue weighted by atomic mass is 9.70. The van der Waals surface area contributed by atoms with E-state index in [1.54, 1.807) is 0 Å². The van der Waals surface area contributed by atoms with Crippen molar-refractivity contribution in [2.75, 3.05) is 9.80 Å². The Morgan fingerprint density at radius 1 is 0.350 bits per heavy atom. The Morgan fingerprint density at radius 3 is 1.31 bits per heavy atom. The molecule has 0 amide bonds. The third-order valence-electron chi connectivity index (χ3n) is 19.0. The van der Waals surface area contributed by atoms with Gasteiger partial charge in [-0.05, 0) is 178 Å². The van der Waals surface area contributed by atoms with Gasteiger partial charge in [-0.15, -0.1) is 0 Å². The molecule has 3 aliphatic rings. The Kier molecular flexibility index (Phi) is 10.7. The van der Waals surface area contributed by atoms with E-state index in [4.69, 9.17) is 0 Å². The molecule has 0 saturated carbocycles. The number of fused-ring (bicyclic) bond motifs is 6. The highest BCUT2D eigenvalue weighted by Crippen LogP contribution is 2.60. The van der Waals surface area contributed by atoms with Gasteiger partial charge < -0.3 is 9.80 Å². The summed E-state index contributed by atoms with van der Waals surface area (Å²) in [6.07, 6.45) is 2.06. The van der Waals surface area contributed by atoms with Crippen LogP contribution in [0, 0.1) is 0 Å². The zero-order valence-corrected chi connectivity index (χ0v) is 47.2. The average Bonchev–Trinajstić information content (AvgIpc) is 3.95. The van der Waals surface area contributed by atoms with Gasteiger partial charge >= 0.3 is 0 Å². The van der Waals surface area contributed by atoms with Crippen LogP contribution in [0.15, 0.2) is 224 Å². The fourth-order valence-electron chi connectivity index (χ4n) is 15.0. The maximum atomic E-state index is 2.65. The smallest absolute Gasteiger partial charge is 0.0543 e. The van der Waals surface area contributed by atoms with Crippen LogP contribution in [-0.2, 0) is 22.7 Å². The molecule has 3 aliphatic carbocycles. The molecule has 0 aliphatic heterocycles. The minimum absolute atomic E-state index is 0.0713. The first-order valence-electron chi connectivity index (χ1n) is 29.0. The van der Waals surface area contributed by atoms with Gasteiger partial charge in [0, 0.05) is 38.4 Å². The van der Waals surface area contributed by atoms with E-state index < -0.39 is 0 Å². The van der Waals surface area contributed by atoms with Crippen molar-refractivity contribution < 1.29 is 0 Å². The summed E-state index contributed by atoms with van der Waals surface area (Å²) in [7, 11) is 0. The summed E-state index contributed by atoms with van der Waals surface area (Å²) in [5.41, 5.74) is 26.5. The van der Waals surface area contributed by atoms with E-state index in [9.17, 15) is 0 Å². The van der Waals surface area contributed by atoms with Crippen LogP contribution in [0.4, 0.5) is 34.1 Å². The van der Waals surface area contributed by atoms with Crippen LogP contribution in [-0.4, -0.2) is 0 Å². The molecular weight excluding hydrogens is 965 g/mol. The first-order valence-corrected chi connectivity index (χ1v) is 29.0. The monoisotopic (exact) mass is 1030 g/mol. The Morgan fingerprint density at radius 2 is 0.800 bits per heavy atom. The van der Waals surface area contributed by atoms with Gasteiger partial charge in [0.2, 0.25) is 0 Å². The van der Waals surface area contributed by atoms with Gasteiger partial charge in [0.15, 0.2) is 0 Å². The van der Waals surface area contributed by atoms with E-state index >= 15 is 0 Å². The van der Waals surface area contributed by atoms with E-state index in [2.05, 4.69) is 290 Å². The van der Waals surface area contributed by atoms with Crippen molar-refractivity contribution in [2.45, 2.75) is 90.4 Å². The lowest BCUT2D eigenvalue weighted by Crippen LogP contribution is -2.24. The average molecular weight is 1030 g/mol. The summed E-state index contributed by atoms with van der Waals surface area (Å²) in [5, 5.41) is 8.09. The summed E-state index contributed by atoms with van der Waals surface area (Å²) in [4.78, 5) is 5.29. The summed E-state index contributed by atoms with van der Waals surface area (Å²) >= 11 is 0. The number of hydrogen-bond acceptors (Lipinski definition) is 2. The number of hydrogen-bond donors (Lipinski definition) is 0. The molecule has 15 rings (SSSR count). The fourth-order valence-corrected chi connectivity index (χ4v) is 15.0. The summed E-state index contributed by atoms with van der Waals surface area (Å²) < 4.78 is 0. The molecule has 0 atom stereocenters. The van der Waals surface area contributed by atoms with Gasteiger partial charge in [-0.3, -0.25) is 0 Å². The molecule has 0 spiro atoms. The zero-order chi connectivity index (χ0) is 54.4. The highest BCUT2D eigenvalue weighted by molar-refractivity contribution is 6.30. The van der Waals surface area contributed by atoms with Crippen LogP contribution in [0.3, 0.4) is 0 Å². The zero-order valence-electron chi connectivity index (χ0n) is 47.2. The van der Waals surface area contributed by atoms with Crippen LogP contribution in [0.1, 0.15) is 107 Å². The SMILES string of the molecule is CC(C)c1cc(N(c2ccc(-c3ccccc3)cc2)c2cccc3c2C(C)(C)c2ccccc2-3)c2cc3c4c(cc(N(c5ccc(-c6ccccc6)cc5)c5cccc6c5C(C)(C)c5ccccc5-6)c5ccc1c2c54)CCC3(C)C. The molecule has 0 unspecified atom stereocenters. The fraction of sp³-hybridized carbons (Fsp3) is 0.179. The maximum absolute atomic E-state index is 2.65. The number of aryl methyl sites for hydroxylation is 1. The minimum atomic E-state index is -0.247. The summed E-state index contributed by atoms with van der Waals surface area (Å²) in [5.74, 6) is 0.251. The Bertz CT molecular complexity index is 4440. The molecule has 0 N–H and O–H groups in total. The van der Waals surface area contributed by atoms with Crippen LogP contribution < -0.4 is 9.80 Å². The lowest BCUT2D eigenvalue weighted by Gasteiger charge is -2.38. The van der Waals surface area contributed by atoms with Crippen molar-refractivity contribution in [1.82, 2.24) is 0 Å². The van der Waals surface area contributed by atoms with E-state index in [1.165, 1.54) is 139 Å².